The van der Waals surface area contributed by atoms with E-state index in [9.17, 15) is 0 Å². The van der Waals surface area contributed by atoms with Crippen LogP contribution in [0.3, 0.4) is 0 Å². The lowest BCUT2D eigenvalue weighted by Gasteiger charge is -2.03. The summed E-state index contributed by atoms with van der Waals surface area (Å²) in [5.41, 5.74) is 2.28. The molecule has 4 rings (SSSR count). The summed E-state index contributed by atoms with van der Waals surface area (Å²) in [5, 5.41) is 2.16. The van der Waals surface area contributed by atoms with Gasteiger partial charge in [-0.1, -0.05) is 48.2 Å². The molecular weight excluding hydrogens is 334 g/mol. The first-order chi connectivity index (χ1) is 11.8. The molecule has 0 amide bonds. The molecule has 3 heterocycles. The Morgan fingerprint density at radius 2 is 1.83 bits per heavy atom. The van der Waals surface area contributed by atoms with Crippen LogP contribution in [0.2, 0.25) is 0 Å². The van der Waals surface area contributed by atoms with Crippen molar-refractivity contribution in [3.05, 3.63) is 72.3 Å². The van der Waals surface area contributed by atoms with Crippen molar-refractivity contribution in [3.63, 3.8) is 0 Å². The summed E-state index contributed by atoms with van der Waals surface area (Å²) in [7, 11) is 0. The summed E-state index contributed by atoms with van der Waals surface area (Å²) in [5.74, 6) is 1.62. The van der Waals surface area contributed by atoms with Gasteiger partial charge in [0.1, 0.15) is 15.7 Å². The van der Waals surface area contributed by atoms with E-state index in [0.29, 0.717) is 0 Å². The van der Waals surface area contributed by atoms with Crippen molar-refractivity contribution in [3.8, 4) is 10.4 Å². The van der Waals surface area contributed by atoms with Gasteiger partial charge in [0.2, 0.25) is 0 Å². The smallest absolute Gasteiger partial charge is 0.128 e. The fourth-order valence-electron chi connectivity index (χ4n) is 2.48. The summed E-state index contributed by atoms with van der Waals surface area (Å²) >= 11 is 3.44. The lowest BCUT2D eigenvalue weighted by molar-refractivity contribution is 1.01. The molecule has 0 saturated heterocycles. The lowest BCUT2D eigenvalue weighted by atomic mass is 10.2. The Bertz CT molecular complexity index is 966. The third kappa shape index (κ3) is 3.18. The summed E-state index contributed by atoms with van der Waals surface area (Å²) < 4.78 is 0. The SMILES string of the molecule is Cc1nc(SCc2ccccn2)c2cc(-c3ccccc3)sc2n1. The normalized spacial score (nSPS) is 11.0. The summed E-state index contributed by atoms with van der Waals surface area (Å²) in [4.78, 5) is 15.9. The average molecular weight is 349 g/mol. The monoisotopic (exact) mass is 349 g/mol. The van der Waals surface area contributed by atoms with Gasteiger partial charge in [-0.25, -0.2) is 9.97 Å². The second kappa shape index (κ2) is 6.71. The third-order valence-corrected chi connectivity index (χ3v) is 5.71. The highest BCUT2D eigenvalue weighted by molar-refractivity contribution is 7.98. The van der Waals surface area contributed by atoms with Crippen LogP contribution < -0.4 is 0 Å². The van der Waals surface area contributed by atoms with E-state index >= 15 is 0 Å². The van der Waals surface area contributed by atoms with Crippen molar-refractivity contribution in [2.75, 3.05) is 0 Å². The van der Waals surface area contributed by atoms with E-state index < -0.39 is 0 Å². The van der Waals surface area contributed by atoms with Gasteiger partial charge in [0.25, 0.3) is 0 Å². The van der Waals surface area contributed by atoms with Crippen molar-refractivity contribution in [1.82, 2.24) is 15.0 Å². The number of hydrogen-bond acceptors (Lipinski definition) is 5. The molecule has 4 aromatic rings. The highest BCUT2D eigenvalue weighted by atomic mass is 32.2. The van der Waals surface area contributed by atoms with Crippen molar-refractivity contribution in [2.45, 2.75) is 17.7 Å². The molecule has 1 aromatic carbocycles. The van der Waals surface area contributed by atoms with Gasteiger partial charge in [-0.2, -0.15) is 0 Å². The summed E-state index contributed by atoms with van der Waals surface area (Å²) in [6.07, 6.45) is 1.83. The van der Waals surface area contributed by atoms with E-state index in [1.165, 1.54) is 10.4 Å². The Labute approximate surface area is 148 Å². The topological polar surface area (TPSA) is 38.7 Å². The number of benzene rings is 1. The van der Waals surface area contributed by atoms with E-state index in [2.05, 4.69) is 45.3 Å². The number of thiophene rings is 1. The van der Waals surface area contributed by atoms with Gasteiger partial charge in [-0.3, -0.25) is 4.98 Å². The van der Waals surface area contributed by atoms with E-state index in [-0.39, 0.29) is 0 Å². The van der Waals surface area contributed by atoms with Crippen molar-refractivity contribution in [1.29, 1.82) is 0 Å². The van der Waals surface area contributed by atoms with Crippen LogP contribution in [-0.4, -0.2) is 15.0 Å². The van der Waals surface area contributed by atoms with E-state index in [1.54, 1.807) is 23.1 Å². The van der Waals surface area contributed by atoms with Crippen LogP contribution >= 0.6 is 23.1 Å². The first-order valence-electron chi connectivity index (χ1n) is 7.66. The summed E-state index contributed by atoms with van der Waals surface area (Å²) in [6.45, 7) is 1.95. The van der Waals surface area contributed by atoms with Gasteiger partial charge >= 0.3 is 0 Å². The number of aromatic nitrogens is 3. The molecule has 24 heavy (non-hydrogen) atoms. The average Bonchev–Trinajstić information content (AvgIpc) is 3.05. The van der Waals surface area contributed by atoms with Crippen LogP contribution in [0.4, 0.5) is 0 Å². The molecule has 118 valence electrons. The maximum absolute atomic E-state index is 4.65. The molecule has 0 bridgehead atoms. The molecular formula is C19H15N3S2. The maximum atomic E-state index is 4.65. The highest BCUT2D eigenvalue weighted by Gasteiger charge is 2.12. The van der Waals surface area contributed by atoms with Crippen LogP contribution in [0.5, 0.6) is 0 Å². The quantitative estimate of drug-likeness (QED) is 0.367. The zero-order valence-electron chi connectivity index (χ0n) is 13.1. The molecule has 3 aromatic heterocycles. The first-order valence-corrected chi connectivity index (χ1v) is 9.46. The highest BCUT2D eigenvalue weighted by Crippen LogP contribution is 2.37. The van der Waals surface area contributed by atoms with Gasteiger partial charge in [0, 0.05) is 22.2 Å². The zero-order valence-corrected chi connectivity index (χ0v) is 14.8. The Balaban J connectivity index is 1.71. The lowest BCUT2D eigenvalue weighted by Crippen LogP contribution is -1.91. The predicted molar refractivity (Wildman–Crippen MR) is 101 cm³/mol. The molecule has 0 aliphatic rings. The minimum Gasteiger partial charge on any atom is -0.260 e. The fourth-order valence-corrected chi connectivity index (χ4v) is 4.59. The number of thioether (sulfide) groups is 1. The minimum atomic E-state index is 0.808. The standard InChI is InChI=1S/C19H15N3S2/c1-13-21-18(23-12-15-9-5-6-10-20-15)16-11-17(24-19(16)22-13)14-7-3-2-4-8-14/h2-11H,12H2,1H3. The largest absolute Gasteiger partial charge is 0.260 e. The van der Waals surface area contributed by atoms with Gasteiger partial charge in [0.05, 0.1) is 5.69 Å². The Morgan fingerprint density at radius 1 is 1.00 bits per heavy atom. The van der Waals surface area contributed by atoms with E-state index in [4.69, 9.17) is 0 Å². The molecule has 0 spiro atoms. The molecule has 0 unspecified atom stereocenters. The van der Waals surface area contributed by atoms with Crippen molar-refractivity contribution in [2.24, 2.45) is 0 Å². The van der Waals surface area contributed by atoms with Crippen LogP contribution in [-0.2, 0) is 5.75 Å². The molecule has 3 nitrogen and oxygen atoms in total. The maximum Gasteiger partial charge on any atom is 0.128 e. The number of aryl methyl sites for hydroxylation is 1. The number of pyridine rings is 1. The van der Waals surface area contributed by atoms with Gasteiger partial charge < -0.3 is 0 Å². The molecule has 5 heteroatoms. The summed E-state index contributed by atoms with van der Waals surface area (Å²) in [6, 6.07) is 18.6. The van der Waals surface area contributed by atoms with Gasteiger partial charge in [-0.05, 0) is 30.7 Å². The number of fused-ring (bicyclic) bond motifs is 1. The molecule has 0 aliphatic carbocycles. The number of hydrogen-bond donors (Lipinski definition) is 0. The first kappa shape index (κ1) is 15.3. The number of nitrogens with zero attached hydrogens (tertiary/aromatic N) is 3. The molecule has 0 aliphatic heterocycles. The van der Waals surface area contributed by atoms with Crippen molar-refractivity contribution >= 4 is 33.3 Å². The zero-order chi connectivity index (χ0) is 16.4. The molecule has 0 radical (unpaired) electrons. The second-order valence-electron chi connectivity index (χ2n) is 5.38. The second-order valence-corrected chi connectivity index (χ2v) is 7.38. The van der Waals surface area contributed by atoms with E-state index in [0.717, 1.165) is 32.5 Å². The van der Waals surface area contributed by atoms with Crippen molar-refractivity contribution < 1.29 is 0 Å². The van der Waals surface area contributed by atoms with Crippen LogP contribution in [0, 0.1) is 6.92 Å². The van der Waals surface area contributed by atoms with Gasteiger partial charge in [-0.15, -0.1) is 11.3 Å². The Kier molecular flexibility index (Phi) is 4.28. The van der Waals surface area contributed by atoms with Crippen LogP contribution in [0.15, 0.2) is 65.8 Å². The fraction of sp³-hybridized carbons (Fsp3) is 0.105. The third-order valence-electron chi connectivity index (χ3n) is 3.61. The molecule has 0 saturated carbocycles. The minimum absolute atomic E-state index is 0.808. The molecule has 0 atom stereocenters. The van der Waals surface area contributed by atoms with Crippen LogP contribution in [0.25, 0.3) is 20.7 Å². The molecule has 0 N–H and O–H groups in total. The van der Waals surface area contributed by atoms with Crippen LogP contribution in [0.1, 0.15) is 11.5 Å². The van der Waals surface area contributed by atoms with Gasteiger partial charge in [0.15, 0.2) is 0 Å². The number of rotatable bonds is 4. The Hall–Kier alpha value is -2.24. The molecule has 0 fully saturated rings. The predicted octanol–water partition coefficient (Wildman–Crippen LogP) is 5.35. The van der Waals surface area contributed by atoms with E-state index in [1.807, 2.05) is 37.4 Å². The Morgan fingerprint density at radius 3 is 2.62 bits per heavy atom.